The molecule has 0 amide bonds. The van der Waals surface area contributed by atoms with Gasteiger partial charge in [0.15, 0.2) is 0 Å². The smallest absolute Gasteiger partial charge is 0.416 e. The molecule has 3 nitrogen and oxygen atoms in total. The van der Waals surface area contributed by atoms with E-state index in [1.807, 2.05) is 0 Å². The van der Waals surface area contributed by atoms with E-state index >= 15 is 0 Å². The molecule has 0 bridgehead atoms. The molecule has 0 fully saturated rings. The summed E-state index contributed by atoms with van der Waals surface area (Å²) in [5.41, 5.74) is -0.336. The van der Waals surface area contributed by atoms with E-state index in [-0.39, 0.29) is 19.5 Å². The molecule has 0 radical (unpaired) electrons. The van der Waals surface area contributed by atoms with E-state index in [0.29, 0.717) is 16.7 Å². The van der Waals surface area contributed by atoms with Crippen LogP contribution in [-0.2, 0) is 36.7 Å². The second-order valence-corrected chi connectivity index (χ2v) is 6.64. The van der Waals surface area contributed by atoms with Crippen molar-refractivity contribution in [1.29, 1.82) is 0 Å². The second kappa shape index (κ2) is 7.12. The Labute approximate surface area is 156 Å². The third-order valence-electron chi connectivity index (χ3n) is 4.71. The van der Waals surface area contributed by atoms with Crippen LogP contribution in [0.15, 0.2) is 42.5 Å². The van der Waals surface area contributed by atoms with Crippen molar-refractivity contribution in [1.82, 2.24) is 4.90 Å². The van der Waals surface area contributed by atoms with Crippen LogP contribution in [0.1, 0.15) is 27.8 Å². The molecule has 1 aliphatic rings. The third-order valence-corrected chi connectivity index (χ3v) is 4.71. The fourth-order valence-corrected chi connectivity index (χ4v) is 3.26. The molecule has 28 heavy (non-hydrogen) atoms. The van der Waals surface area contributed by atoms with Crippen LogP contribution < -0.4 is 0 Å². The fourth-order valence-electron chi connectivity index (χ4n) is 3.26. The molecule has 9 heteroatoms. The predicted molar refractivity (Wildman–Crippen MR) is 87.3 cm³/mol. The van der Waals surface area contributed by atoms with Gasteiger partial charge in [0.2, 0.25) is 0 Å². The number of carboxylic acid groups (broad SMARTS) is 1. The monoisotopic (exact) mass is 403 g/mol. The van der Waals surface area contributed by atoms with E-state index in [4.69, 9.17) is 0 Å². The Balaban J connectivity index is 1.86. The molecule has 0 aromatic heterocycles. The first kappa shape index (κ1) is 20.2. The maximum absolute atomic E-state index is 12.9. The summed E-state index contributed by atoms with van der Waals surface area (Å²) in [6.07, 6.45) is -8.99. The van der Waals surface area contributed by atoms with Crippen molar-refractivity contribution in [3.63, 3.8) is 0 Å². The van der Waals surface area contributed by atoms with Gasteiger partial charge in [-0.15, -0.1) is 0 Å². The van der Waals surface area contributed by atoms with Gasteiger partial charge >= 0.3 is 18.3 Å². The summed E-state index contributed by atoms with van der Waals surface area (Å²) in [6.45, 7) is -0.0397. The minimum atomic E-state index is -4.52. The molecule has 3 rings (SSSR count). The largest absolute Gasteiger partial charge is 0.480 e. The van der Waals surface area contributed by atoms with Crippen LogP contribution in [0.4, 0.5) is 26.3 Å². The van der Waals surface area contributed by atoms with E-state index in [0.717, 1.165) is 24.3 Å². The molecule has 0 spiro atoms. The molecule has 1 N–H and O–H groups in total. The predicted octanol–water partition coefficient (Wildman–Crippen LogP) is 4.74. The second-order valence-electron chi connectivity index (χ2n) is 6.64. The Morgan fingerprint density at radius 1 is 0.929 bits per heavy atom. The van der Waals surface area contributed by atoms with Gasteiger partial charge in [-0.1, -0.05) is 18.2 Å². The minimum Gasteiger partial charge on any atom is -0.480 e. The van der Waals surface area contributed by atoms with Crippen LogP contribution in [-0.4, -0.2) is 22.0 Å². The van der Waals surface area contributed by atoms with E-state index < -0.39 is 35.5 Å². The highest BCUT2D eigenvalue weighted by Gasteiger charge is 2.35. The molecule has 2 aromatic carbocycles. The maximum Gasteiger partial charge on any atom is 0.416 e. The fraction of sp³-hybridized carbons (Fsp3) is 0.316. The maximum atomic E-state index is 12.9. The lowest BCUT2D eigenvalue weighted by Crippen LogP contribution is -2.45. The van der Waals surface area contributed by atoms with Crippen molar-refractivity contribution < 1.29 is 36.2 Å². The number of rotatable bonds is 3. The number of hydrogen-bond acceptors (Lipinski definition) is 2. The van der Waals surface area contributed by atoms with Crippen molar-refractivity contribution in [2.75, 3.05) is 0 Å². The zero-order valence-electron chi connectivity index (χ0n) is 14.3. The zero-order chi connectivity index (χ0) is 20.7. The standard InChI is InChI=1S/C19H15F6NO2/c20-18(21,22)14-4-1-11(2-5-14)9-26-10-13-7-15(19(23,24)25)6-3-12(13)8-16(26)17(27)28/h1-7,16H,8-10H2,(H,27,28). The highest BCUT2D eigenvalue weighted by atomic mass is 19.4. The molecular weight excluding hydrogens is 388 g/mol. The first-order valence-corrected chi connectivity index (χ1v) is 8.27. The molecular formula is C19H15F6NO2. The van der Waals surface area contributed by atoms with Crippen LogP contribution in [0.3, 0.4) is 0 Å². The van der Waals surface area contributed by atoms with Crippen molar-refractivity contribution in [2.24, 2.45) is 0 Å². The lowest BCUT2D eigenvalue weighted by Gasteiger charge is -2.34. The lowest BCUT2D eigenvalue weighted by molar-refractivity contribution is -0.144. The van der Waals surface area contributed by atoms with E-state index in [2.05, 4.69) is 0 Å². The summed E-state index contributed by atoms with van der Waals surface area (Å²) < 4.78 is 76.8. The van der Waals surface area contributed by atoms with E-state index in [1.54, 1.807) is 0 Å². The van der Waals surface area contributed by atoms with Crippen LogP contribution >= 0.6 is 0 Å². The Morgan fingerprint density at radius 2 is 1.50 bits per heavy atom. The highest BCUT2D eigenvalue weighted by Crippen LogP contribution is 2.34. The molecule has 1 aliphatic heterocycles. The Kier molecular flexibility index (Phi) is 5.14. The number of carboxylic acids is 1. The quantitative estimate of drug-likeness (QED) is 0.753. The number of carbonyl (C=O) groups is 1. The number of aliphatic carboxylic acids is 1. The molecule has 150 valence electrons. The van der Waals surface area contributed by atoms with Gasteiger partial charge in [-0.05, 0) is 47.4 Å². The number of alkyl halides is 6. The van der Waals surface area contributed by atoms with Crippen LogP contribution in [0.25, 0.3) is 0 Å². The van der Waals surface area contributed by atoms with Gasteiger partial charge in [0, 0.05) is 13.1 Å². The Morgan fingerprint density at radius 3 is 2.04 bits per heavy atom. The number of halogens is 6. The van der Waals surface area contributed by atoms with Gasteiger partial charge in [-0.3, -0.25) is 9.69 Å². The van der Waals surface area contributed by atoms with Gasteiger partial charge in [-0.2, -0.15) is 26.3 Å². The summed E-state index contributed by atoms with van der Waals surface area (Å²) in [4.78, 5) is 13.1. The highest BCUT2D eigenvalue weighted by molar-refractivity contribution is 5.74. The summed E-state index contributed by atoms with van der Waals surface area (Å²) in [6, 6.07) is 6.48. The first-order valence-electron chi connectivity index (χ1n) is 8.27. The van der Waals surface area contributed by atoms with E-state index in [1.165, 1.54) is 23.1 Å². The molecule has 1 heterocycles. The average molecular weight is 403 g/mol. The van der Waals surface area contributed by atoms with Gasteiger partial charge in [0.1, 0.15) is 6.04 Å². The molecule has 2 aromatic rings. The van der Waals surface area contributed by atoms with Crippen molar-refractivity contribution in [3.05, 3.63) is 70.3 Å². The number of nitrogens with zero attached hydrogens (tertiary/aromatic N) is 1. The normalized spacial score (nSPS) is 18.0. The SMILES string of the molecule is O=C(O)C1Cc2ccc(C(F)(F)F)cc2CN1Cc1ccc(C(F)(F)F)cc1. The van der Waals surface area contributed by atoms with Gasteiger partial charge in [0.05, 0.1) is 11.1 Å². The lowest BCUT2D eigenvalue weighted by atomic mass is 9.92. The van der Waals surface area contributed by atoms with Crippen molar-refractivity contribution >= 4 is 5.97 Å². The third kappa shape index (κ3) is 4.30. The van der Waals surface area contributed by atoms with Crippen LogP contribution in [0, 0.1) is 0 Å². The topological polar surface area (TPSA) is 40.5 Å². The Hall–Kier alpha value is -2.55. The first-order chi connectivity index (χ1) is 12.9. The number of benzene rings is 2. The summed E-state index contributed by atoms with van der Waals surface area (Å²) in [5.74, 6) is -1.14. The minimum absolute atomic E-state index is 0.00475. The summed E-state index contributed by atoms with van der Waals surface area (Å²) in [5, 5.41) is 9.48. The van der Waals surface area contributed by atoms with Gasteiger partial charge in [-0.25, -0.2) is 0 Å². The van der Waals surface area contributed by atoms with E-state index in [9.17, 15) is 36.2 Å². The van der Waals surface area contributed by atoms with Crippen molar-refractivity contribution in [3.8, 4) is 0 Å². The molecule has 1 atom stereocenters. The number of fused-ring (bicyclic) bond motifs is 1. The summed E-state index contributed by atoms with van der Waals surface area (Å²) >= 11 is 0. The molecule has 0 aliphatic carbocycles. The van der Waals surface area contributed by atoms with Crippen LogP contribution in [0.5, 0.6) is 0 Å². The van der Waals surface area contributed by atoms with Crippen LogP contribution in [0.2, 0.25) is 0 Å². The average Bonchev–Trinajstić information content (AvgIpc) is 2.59. The summed E-state index contributed by atoms with van der Waals surface area (Å²) in [7, 11) is 0. The van der Waals surface area contributed by atoms with Crippen molar-refractivity contribution in [2.45, 2.75) is 37.9 Å². The van der Waals surface area contributed by atoms with Gasteiger partial charge in [0.25, 0.3) is 0 Å². The molecule has 1 unspecified atom stereocenters. The number of hydrogen-bond donors (Lipinski definition) is 1. The van der Waals surface area contributed by atoms with Gasteiger partial charge < -0.3 is 5.11 Å². The Bertz CT molecular complexity index is 873. The molecule has 0 saturated carbocycles. The zero-order valence-corrected chi connectivity index (χ0v) is 14.3. The molecule has 0 saturated heterocycles.